The molecule has 1 saturated heterocycles. The van der Waals surface area contributed by atoms with Crippen LogP contribution in [-0.2, 0) is 31.3 Å². The van der Waals surface area contributed by atoms with Crippen LogP contribution in [0.4, 0.5) is 5.69 Å². The summed E-state index contributed by atoms with van der Waals surface area (Å²) in [5, 5.41) is 0. The molecule has 1 aliphatic rings. The molecule has 1 fully saturated rings. The van der Waals surface area contributed by atoms with Crippen molar-refractivity contribution in [3.63, 3.8) is 0 Å². The van der Waals surface area contributed by atoms with Gasteiger partial charge in [-0.2, -0.15) is 12.7 Å². The second kappa shape index (κ2) is 8.47. The number of hydrogen-bond acceptors (Lipinski definition) is 7. The Morgan fingerprint density at radius 1 is 1.14 bits per heavy atom. The lowest BCUT2D eigenvalue weighted by molar-refractivity contribution is 0.0600. The summed E-state index contributed by atoms with van der Waals surface area (Å²) in [6, 6.07) is 11.6. The number of carbonyl (C=O) groups excluding carboxylic acids is 1. The molecule has 0 saturated carbocycles. The van der Waals surface area contributed by atoms with Crippen molar-refractivity contribution in [1.29, 1.82) is 0 Å². The van der Waals surface area contributed by atoms with Crippen LogP contribution in [0.1, 0.15) is 16.1 Å². The molecule has 2 heterocycles. The van der Waals surface area contributed by atoms with Gasteiger partial charge in [0.1, 0.15) is 0 Å². The standard InChI is InChI=1S/C18H21N3O6S2/c1-27-18(22)15-7-8-16(19-13-15)14-21(17-5-3-2-4-6-17)29(25,26)20-9-11-28(23,24)12-10-20/h2-8,13H,9-12,14H2,1H3. The van der Waals surface area contributed by atoms with E-state index in [0.29, 0.717) is 11.4 Å². The molecule has 3 rings (SSSR count). The van der Waals surface area contributed by atoms with Crippen LogP contribution < -0.4 is 4.31 Å². The Morgan fingerprint density at radius 2 is 1.79 bits per heavy atom. The number of nitrogens with zero attached hydrogens (tertiary/aromatic N) is 3. The second-order valence-electron chi connectivity index (χ2n) is 6.43. The summed E-state index contributed by atoms with van der Waals surface area (Å²) in [6.07, 6.45) is 1.32. The summed E-state index contributed by atoms with van der Waals surface area (Å²) >= 11 is 0. The molecule has 1 aliphatic heterocycles. The maximum atomic E-state index is 13.3. The highest BCUT2D eigenvalue weighted by Gasteiger charge is 2.35. The van der Waals surface area contributed by atoms with Crippen molar-refractivity contribution in [2.45, 2.75) is 6.54 Å². The van der Waals surface area contributed by atoms with Crippen LogP contribution in [0, 0.1) is 0 Å². The van der Waals surface area contributed by atoms with Gasteiger partial charge in [0.15, 0.2) is 9.84 Å². The van der Waals surface area contributed by atoms with E-state index in [1.165, 1.54) is 28.0 Å². The molecule has 0 radical (unpaired) electrons. The minimum atomic E-state index is -3.99. The van der Waals surface area contributed by atoms with Crippen molar-refractivity contribution >= 4 is 31.7 Å². The largest absolute Gasteiger partial charge is 0.465 e. The van der Waals surface area contributed by atoms with Crippen molar-refractivity contribution in [2.24, 2.45) is 0 Å². The number of anilines is 1. The number of benzene rings is 1. The average Bonchev–Trinajstić information content (AvgIpc) is 2.72. The van der Waals surface area contributed by atoms with E-state index in [-0.39, 0.29) is 36.7 Å². The number of hydrogen-bond donors (Lipinski definition) is 0. The highest BCUT2D eigenvalue weighted by molar-refractivity contribution is 7.92. The topological polar surface area (TPSA) is 114 Å². The summed E-state index contributed by atoms with van der Waals surface area (Å²) < 4.78 is 56.9. The fourth-order valence-electron chi connectivity index (χ4n) is 2.87. The Bertz CT molecular complexity index is 1060. The summed E-state index contributed by atoms with van der Waals surface area (Å²) in [5.74, 6) is -0.951. The van der Waals surface area contributed by atoms with Crippen LogP contribution in [0.25, 0.3) is 0 Å². The van der Waals surface area contributed by atoms with Gasteiger partial charge in [0.25, 0.3) is 0 Å². The number of carbonyl (C=O) groups is 1. The van der Waals surface area contributed by atoms with Crippen LogP contribution in [-0.4, -0.2) is 63.8 Å². The SMILES string of the molecule is COC(=O)c1ccc(CN(c2ccccc2)S(=O)(=O)N2CCS(=O)(=O)CC2)nc1. The van der Waals surface area contributed by atoms with Crippen molar-refractivity contribution in [3.8, 4) is 0 Å². The zero-order valence-electron chi connectivity index (χ0n) is 15.8. The van der Waals surface area contributed by atoms with E-state index >= 15 is 0 Å². The lowest BCUT2D eigenvalue weighted by Crippen LogP contribution is -2.50. The zero-order valence-corrected chi connectivity index (χ0v) is 17.4. The van der Waals surface area contributed by atoms with Crippen molar-refractivity contribution < 1.29 is 26.4 Å². The Morgan fingerprint density at radius 3 is 2.34 bits per heavy atom. The molecule has 0 bridgehead atoms. The van der Waals surface area contributed by atoms with Crippen LogP contribution in [0.5, 0.6) is 0 Å². The number of aromatic nitrogens is 1. The molecule has 156 valence electrons. The van der Waals surface area contributed by atoms with E-state index in [2.05, 4.69) is 9.72 Å². The highest BCUT2D eigenvalue weighted by atomic mass is 32.2. The van der Waals surface area contributed by atoms with Crippen molar-refractivity contribution in [2.75, 3.05) is 36.0 Å². The lowest BCUT2D eigenvalue weighted by atomic mass is 10.2. The summed E-state index contributed by atoms with van der Waals surface area (Å²) in [7, 11) is -5.94. The molecule has 0 aliphatic carbocycles. The van der Waals surface area contributed by atoms with Gasteiger partial charge in [0.2, 0.25) is 0 Å². The maximum Gasteiger partial charge on any atom is 0.339 e. The van der Waals surface area contributed by atoms with Crippen LogP contribution in [0.15, 0.2) is 48.7 Å². The number of pyridine rings is 1. The smallest absolute Gasteiger partial charge is 0.339 e. The van der Waals surface area contributed by atoms with E-state index < -0.39 is 26.0 Å². The van der Waals surface area contributed by atoms with Gasteiger partial charge in [-0.05, 0) is 24.3 Å². The number of ether oxygens (including phenoxy) is 1. The molecule has 0 unspecified atom stereocenters. The molecular weight excluding hydrogens is 418 g/mol. The van der Waals surface area contributed by atoms with E-state index in [4.69, 9.17) is 0 Å². The van der Waals surface area contributed by atoms with Gasteiger partial charge in [-0.1, -0.05) is 18.2 Å². The first kappa shape index (κ1) is 21.2. The van der Waals surface area contributed by atoms with Crippen LogP contribution >= 0.6 is 0 Å². The molecular formula is C18H21N3O6S2. The summed E-state index contributed by atoms with van der Waals surface area (Å²) in [5.41, 5.74) is 1.11. The van der Waals surface area contributed by atoms with Crippen LogP contribution in [0.3, 0.4) is 0 Å². The van der Waals surface area contributed by atoms with Gasteiger partial charge in [-0.15, -0.1) is 0 Å². The summed E-state index contributed by atoms with van der Waals surface area (Å²) in [6.45, 7) is -0.261. The minimum absolute atomic E-state index is 0.0724. The molecule has 0 amide bonds. The first-order valence-corrected chi connectivity index (χ1v) is 12.0. The van der Waals surface area contributed by atoms with E-state index in [1.54, 1.807) is 36.4 Å². The number of para-hydroxylation sites is 1. The highest BCUT2D eigenvalue weighted by Crippen LogP contribution is 2.24. The van der Waals surface area contributed by atoms with Crippen LogP contribution in [0.2, 0.25) is 0 Å². The number of rotatable bonds is 6. The molecule has 0 spiro atoms. The number of methoxy groups -OCH3 is 1. The van der Waals surface area contributed by atoms with Gasteiger partial charge in [-0.25, -0.2) is 13.2 Å². The molecule has 9 nitrogen and oxygen atoms in total. The molecule has 29 heavy (non-hydrogen) atoms. The summed E-state index contributed by atoms with van der Waals surface area (Å²) in [4.78, 5) is 15.7. The Hall–Kier alpha value is -2.50. The molecule has 0 N–H and O–H groups in total. The van der Waals surface area contributed by atoms with Gasteiger partial charge in [0.05, 0.1) is 42.1 Å². The third-order valence-electron chi connectivity index (χ3n) is 4.50. The fraction of sp³-hybridized carbons (Fsp3) is 0.333. The molecule has 1 aromatic heterocycles. The van der Waals surface area contributed by atoms with E-state index in [9.17, 15) is 21.6 Å². The first-order chi connectivity index (χ1) is 13.7. The Balaban J connectivity index is 1.90. The van der Waals surface area contributed by atoms with Gasteiger partial charge < -0.3 is 4.74 Å². The number of sulfone groups is 1. The molecule has 0 atom stereocenters. The van der Waals surface area contributed by atoms with Gasteiger partial charge in [0, 0.05) is 19.3 Å². The second-order valence-corrected chi connectivity index (χ2v) is 10.6. The Labute approximate surface area is 170 Å². The average molecular weight is 440 g/mol. The Kier molecular flexibility index (Phi) is 6.20. The fourth-order valence-corrected chi connectivity index (χ4v) is 5.91. The monoisotopic (exact) mass is 439 g/mol. The van der Waals surface area contributed by atoms with Gasteiger partial charge in [-0.3, -0.25) is 9.29 Å². The number of esters is 1. The van der Waals surface area contributed by atoms with Gasteiger partial charge >= 0.3 is 16.2 Å². The normalized spacial score (nSPS) is 16.9. The molecule has 11 heteroatoms. The third kappa shape index (κ3) is 4.92. The van der Waals surface area contributed by atoms with E-state index in [0.717, 1.165) is 0 Å². The zero-order chi connectivity index (χ0) is 21.1. The maximum absolute atomic E-state index is 13.3. The predicted octanol–water partition coefficient (Wildman–Crippen LogP) is 0.850. The third-order valence-corrected chi connectivity index (χ3v) is 8.03. The quantitative estimate of drug-likeness (QED) is 0.613. The van der Waals surface area contributed by atoms with Crippen molar-refractivity contribution in [3.05, 3.63) is 59.9 Å². The minimum Gasteiger partial charge on any atom is -0.465 e. The molecule has 2 aromatic rings. The van der Waals surface area contributed by atoms with Crippen molar-refractivity contribution in [1.82, 2.24) is 9.29 Å². The first-order valence-electron chi connectivity index (χ1n) is 8.79. The lowest BCUT2D eigenvalue weighted by Gasteiger charge is -2.33. The molecule has 1 aromatic carbocycles. The van der Waals surface area contributed by atoms with E-state index in [1.807, 2.05) is 0 Å². The predicted molar refractivity (Wildman–Crippen MR) is 107 cm³/mol.